The standard InChI is InChI=1S/C5HCl2N3O2S.C5H3ClN4O2S/c2*6-4-3(10(11)12)5(7)9-2(1-13)8-4/h1H;1H,(H2,7,8,9). The molecule has 0 aliphatic heterocycles. The second-order valence-electron chi connectivity index (χ2n) is 3.87. The van der Waals surface area contributed by atoms with Crippen LogP contribution in [0.15, 0.2) is 0 Å². The van der Waals surface area contributed by atoms with Gasteiger partial charge in [0.25, 0.3) is 0 Å². The third-order valence-corrected chi connectivity index (χ3v) is 3.49. The van der Waals surface area contributed by atoms with Crippen LogP contribution in [-0.4, -0.2) is 40.5 Å². The topological polar surface area (TPSA) is 164 Å². The van der Waals surface area contributed by atoms with Gasteiger partial charge >= 0.3 is 11.4 Å². The lowest BCUT2D eigenvalue weighted by molar-refractivity contribution is -0.385. The van der Waals surface area contributed by atoms with Crippen LogP contribution in [0.1, 0.15) is 11.6 Å². The van der Waals surface area contributed by atoms with Crippen molar-refractivity contribution in [2.45, 2.75) is 0 Å². The molecule has 0 bridgehead atoms. The highest BCUT2D eigenvalue weighted by Gasteiger charge is 2.21. The fourth-order valence-electron chi connectivity index (χ4n) is 1.30. The van der Waals surface area contributed by atoms with Gasteiger partial charge in [0.05, 0.1) is 9.85 Å². The first kappa shape index (κ1) is 21.9. The molecule has 0 fully saturated rings. The highest BCUT2D eigenvalue weighted by Crippen LogP contribution is 2.28. The van der Waals surface area contributed by atoms with Crippen LogP contribution < -0.4 is 5.73 Å². The summed E-state index contributed by atoms with van der Waals surface area (Å²) in [4.78, 5) is 33.4. The first-order chi connectivity index (χ1) is 12.1. The number of nitrogens with two attached hydrogens (primary N) is 1. The second-order valence-corrected chi connectivity index (χ2v) is 5.41. The third kappa shape index (κ3) is 5.40. The molecule has 0 aromatic carbocycles. The molecule has 26 heavy (non-hydrogen) atoms. The number of nitro groups is 2. The summed E-state index contributed by atoms with van der Waals surface area (Å²) in [5.41, 5.74) is 4.25. The van der Waals surface area contributed by atoms with E-state index in [0.717, 1.165) is 10.7 Å². The van der Waals surface area contributed by atoms with Crippen LogP contribution >= 0.6 is 59.2 Å². The number of nitrogens with zero attached hydrogens (tertiary/aromatic N) is 6. The van der Waals surface area contributed by atoms with Crippen LogP contribution in [0.3, 0.4) is 0 Å². The number of nitrogen functional groups attached to an aromatic ring is 1. The first-order valence-corrected chi connectivity index (χ1v) is 7.95. The van der Waals surface area contributed by atoms with E-state index in [9.17, 15) is 20.2 Å². The van der Waals surface area contributed by atoms with E-state index in [0.29, 0.717) is 0 Å². The van der Waals surface area contributed by atoms with Gasteiger partial charge in [-0.25, -0.2) is 19.9 Å². The molecular weight excluding hydrogens is 453 g/mol. The molecule has 2 aromatic heterocycles. The summed E-state index contributed by atoms with van der Waals surface area (Å²) in [6.07, 6.45) is 0. The van der Waals surface area contributed by atoms with Gasteiger partial charge in [0.2, 0.25) is 21.3 Å². The summed E-state index contributed by atoms with van der Waals surface area (Å²) in [5.74, 6) is -0.125. The van der Waals surface area contributed by atoms with Gasteiger partial charge in [0, 0.05) is 10.7 Å². The summed E-state index contributed by atoms with van der Waals surface area (Å²) in [7, 11) is 0. The molecule has 16 heteroatoms. The molecule has 0 saturated carbocycles. The summed E-state index contributed by atoms with van der Waals surface area (Å²) < 4.78 is 0. The zero-order valence-electron chi connectivity index (χ0n) is 12.0. The highest BCUT2D eigenvalue weighted by atomic mass is 35.5. The lowest BCUT2D eigenvalue weighted by Crippen LogP contribution is -2.04. The number of hydrogen-bond acceptors (Lipinski definition) is 11. The van der Waals surface area contributed by atoms with Gasteiger partial charge in [-0.05, 0) is 0 Å². The molecule has 2 N–H and O–H groups in total. The average Bonchev–Trinajstić information content (AvgIpc) is 2.53. The number of anilines is 1. The quantitative estimate of drug-likeness (QED) is 0.311. The van der Waals surface area contributed by atoms with Crippen molar-refractivity contribution in [3.63, 3.8) is 0 Å². The van der Waals surface area contributed by atoms with Gasteiger partial charge in [-0.15, -0.1) is 0 Å². The Kier molecular flexibility index (Phi) is 7.98. The van der Waals surface area contributed by atoms with Gasteiger partial charge < -0.3 is 5.73 Å². The van der Waals surface area contributed by atoms with E-state index in [4.69, 9.17) is 40.5 Å². The van der Waals surface area contributed by atoms with Crippen LogP contribution in [0.5, 0.6) is 0 Å². The Labute approximate surface area is 169 Å². The van der Waals surface area contributed by atoms with Crippen LogP contribution in [0.25, 0.3) is 0 Å². The van der Waals surface area contributed by atoms with Crippen molar-refractivity contribution in [2.24, 2.45) is 0 Å². The molecule has 0 unspecified atom stereocenters. The number of aromatic nitrogens is 4. The molecule has 2 heterocycles. The van der Waals surface area contributed by atoms with E-state index in [1.807, 2.05) is 0 Å². The fraction of sp³-hybridized carbons (Fsp3) is 0. The Balaban J connectivity index is 0.000000260. The number of halogens is 3. The Hall–Kier alpha value is -2.19. The molecule has 0 saturated heterocycles. The smallest absolute Gasteiger partial charge is 0.348 e. The van der Waals surface area contributed by atoms with Crippen molar-refractivity contribution in [1.29, 1.82) is 0 Å². The average molecular weight is 457 g/mol. The fourth-order valence-corrected chi connectivity index (χ4v) is 2.30. The molecule has 0 atom stereocenters. The maximum absolute atomic E-state index is 10.4. The van der Waals surface area contributed by atoms with E-state index >= 15 is 0 Å². The van der Waals surface area contributed by atoms with Gasteiger partial charge in [0.1, 0.15) is 0 Å². The van der Waals surface area contributed by atoms with Crippen molar-refractivity contribution in [1.82, 2.24) is 19.9 Å². The Morgan fingerprint density at radius 3 is 1.46 bits per heavy atom. The van der Waals surface area contributed by atoms with Crippen molar-refractivity contribution < 1.29 is 9.85 Å². The molecule has 11 nitrogen and oxygen atoms in total. The summed E-state index contributed by atoms with van der Waals surface area (Å²) in [6, 6.07) is 0. The third-order valence-electron chi connectivity index (χ3n) is 2.28. The lowest BCUT2D eigenvalue weighted by atomic mass is 10.5. The van der Waals surface area contributed by atoms with Gasteiger partial charge in [-0.3, -0.25) is 20.2 Å². The predicted octanol–water partition coefficient (Wildman–Crippen LogP) is 3.01. The molecule has 0 spiro atoms. The maximum atomic E-state index is 10.4. The molecule has 0 aliphatic carbocycles. The highest BCUT2D eigenvalue weighted by molar-refractivity contribution is 7.79. The van der Waals surface area contributed by atoms with E-state index in [2.05, 4.69) is 44.4 Å². The molecule has 0 amide bonds. The van der Waals surface area contributed by atoms with Crippen molar-refractivity contribution >= 4 is 87.2 Å². The van der Waals surface area contributed by atoms with Crippen LogP contribution in [0.4, 0.5) is 17.2 Å². The van der Waals surface area contributed by atoms with E-state index in [1.165, 1.54) is 0 Å². The summed E-state index contributed by atoms with van der Waals surface area (Å²) in [5, 5.41) is 22.0. The van der Waals surface area contributed by atoms with Crippen LogP contribution in [0, 0.1) is 20.2 Å². The van der Waals surface area contributed by atoms with Gasteiger partial charge in [0.15, 0.2) is 11.6 Å². The monoisotopic (exact) mass is 455 g/mol. The predicted molar refractivity (Wildman–Crippen MR) is 102 cm³/mol. The van der Waals surface area contributed by atoms with E-state index < -0.39 is 21.2 Å². The zero-order valence-corrected chi connectivity index (χ0v) is 15.9. The minimum Gasteiger partial charge on any atom is -0.378 e. The molecule has 0 radical (unpaired) electrons. The number of thiocarbonyl (C=S) groups is 2. The second kappa shape index (κ2) is 9.49. The molecular formula is C10H4Cl3N7O4S2. The number of rotatable bonds is 4. The Morgan fingerprint density at radius 1 is 0.808 bits per heavy atom. The summed E-state index contributed by atoms with van der Waals surface area (Å²) in [6.45, 7) is 0. The SMILES string of the molecule is Nc1nc(C=S)nc(Cl)c1[N+](=O)[O-].O=[N+]([O-])c1c(Cl)nc(C=S)nc1Cl. The first-order valence-electron chi connectivity index (χ1n) is 5.87. The maximum Gasteiger partial charge on any atom is 0.348 e. The van der Waals surface area contributed by atoms with E-state index in [-0.39, 0.29) is 32.9 Å². The van der Waals surface area contributed by atoms with E-state index in [1.54, 1.807) is 0 Å². The van der Waals surface area contributed by atoms with Crippen LogP contribution in [-0.2, 0) is 0 Å². The summed E-state index contributed by atoms with van der Waals surface area (Å²) >= 11 is 25.4. The van der Waals surface area contributed by atoms with Gasteiger partial charge in [-0.1, -0.05) is 59.2 Å². The molecule has 0 aliphatic rings. The Morgan fingerprint density at radius 2 is 1.15 bits per heavy atom. The van der Waals surface area contributed by atoms with Crippen LogP contribution in [0.2, 0.25) is 15.5 Å². The largest absolute Gasteiger partial charge is 0.378 e. The Bertz CT molecular complexity index is 795. The molecule has 136 valence electrons. The minimum absolute atomic E-state index is 0.0793. The normalized spacial score (nSPS) is 9.65. The lowest BCUT2D eigenvalue weighted by Gasteiger charge is -1.98. The van der Waals surface area contributed by atoms with Crippen molar-refractivity contribution in [2.75, 3.05) is 5.73 Å². The van der Waals surface area contributed by atoms with Crippen molar-refractivity contribution in [3.05, 3.63) is 47.3 Å². The molecule has 2 rings (SSSR count). The zero-order chi connectivity index (χ0) is 20.0. The minimum atomic E-state index is -0.752. The molecule has 2 aromatic rings. The van der Waals surface area contributed by atoms with Gasteiger partial charge in [-0.2, -0.15) is 0 Å². The van der Waals surface area contributed by atoms with Crippen molar-refractivity contribution in [3.8, 4) is 0 Å². The number of hydrogen-bond donors (Lipinski definition) is 1.